The van der Waals surface area contributed by atoms with Crippen molar-refractivity contribution in [3.63, 3.8) is 0 Å². The molecule has 0 unspecified atom stereocenters. The smallest absolute Gasteiger partial charge is 0.317 e. The number of nitrogens with zero attached hydrogens (tertiary/aromatic N) is 4. The van der Waals surface area contributed by atoms with Crippen LogP contribution in [0.2, 0.25) is 0 Å². The fourth-order valence-electron chi connectivity index (χ4n) is 3.72. The lowest BCUT2D eigenvalue weighted by Crippen LogP contribution is -2.52. The van der Waals surface area contributed by atoms with Crippen molar-refractivity contribution in [1.29, 1.82) is 0 Å². The highest BCUT2D eigenvalue weighted by Gasteiger charge is 2.30. The number of urea groups is 1. The lowest BCUT2D eigenvalue weighted by molar-refractivity contribution is 0.0654. The molecule has 0 spiro atoms. The van der Waals surface area contributed by atoms with Gasteiger partial charge < -0.3 is 19.7 Å². The number of hydrogen-bond donors (Lipinski definition) is 1. The normalized spacial score (nSPS) is 14.8. The summed E-state index contributed by atoms with van der Waals surface area (Å²) in [6.07, 6.45) is 6.25. The Balaban J connectivity index is 1.61. The van der Waals surface area contributed by atoms with E-state index in [1.54, 1.807) is 17.5 Å². The molecule has 0 bridgehead atoms. The van der Waals surface area contributed by atoms with Crippen LogP contribution in [0.1, 0.15) is 46.6 Å². The van der Waals surface area contributed by atoms with E-state index in [1.807, 2.05) is 42.0 Å². The molecule has 2 aromatic rings. The number of piperidine rings is 1. The molecule has 0 saturated carbocycles. The molecular weight excluding hydrogens is 386 g/mol. The fraction of sp³-hybridized carbons (Fsp3) is 0.571. The summed E-state index contributed by atoms with van der Waals surface area (Å²) in [6.45, 7) is 9.43. The number of likely N-dealkylation sites (tertiary alicyclic amines) is 1. The van der Waals surface area contributed by atoms with E-state index in [9.17, 15) is 9.59 Å². The first-order valence-electron chi connectivity index (χ1n) is 10.4. The molecule has 0 aliphatic carbocycles. The second kappa shape index (κ2) is 9.91. The Morgan fingerprint density at radius 1 is 1.28 bits per heavy atom. The number of hydrogen-bond acceptors (Lipinski definition) is 4. The van der Waals surface area contributed by atoms with Gasteiger partial charge in [-0.3, -0.25) is 4.79 Å². The van der Waals surface area contributed by atoms with E-state index in [2.05, 4.69) is 21.8 Å². The maximum absolute atomic E-state index is 12.8. The number of aryl methyl sites for hydroxylation is 2. The summed E-state index contributed by atoms with van der Waals surface area (Å²) in [5, 5.41) is 3.02. The van der Waals surface area contributed by atoms with E-state index in [-0.39, 0.29) is 18.0 Å². The van der Waals surface area contributed by atoms with Gasteiger partial charge in [-0.15, -0.1) is 11.3 Å². The molecule has 1 N–H and O–H groups in total. The van der Waals surface area contributed by atoms with Crippen LogP contribution in [0.15, 0.2) is 24.5 Å². The van der Waals surface area contributed by atoms with Crippen LogP contribution in [0.4, 0.5) is 4.79 Å². The van der Waals surface area contributed by atoms with Crippen molar-refractivity contribution in [2.45, 2.75) is 52.6 Å². The maximum Gasteiger partial charge on any atom is 0.317 e. The lowest BCUT2D eigenvalue weighted by Gasteiger charge is -2.38. The quantitative estimate of drug-likeness (QED) is 0.751. The zero-order chi connectivity index (χ0) is 20.8. The van der Waals surface area contributed by atoms with Crippen molar-refractivity contribution in [2.24, 2.45) is 0 Å². The molecule has 1 aliphatic heterocycles. The van der Waals surface area contributed by atoms with Gasteiger partial charge in [-0.25, -0.2) is 9.78 Å². The van der Waals surface area contributed by atoms with E-state index in [4.69, 9.17) is 0 Å². The lowest BCUT2D eigenvalue weighted by atomic mass is 10.0. The van der Waals surface area contributed by atoms with Gasteiger partial charge in [0.1, 0.15) is 5.82 Å². The Bertz CT molecular complexity index is 823. The van der Waals surface area contributed by atoms with Crippen LogP contribution >= 0.6 is 11.3 Å². The van der Waals surface area contributed by atoms with Gasteiger partial charge in [0.2, 0.25) is 0 Å². The number of rotatable bonds is 7. The highest BCUT2D eigenvalue weighted by atomic mass is 32.1. The van der Waals surface area contributed by atoms with Crippen LogP contribution in [-0.2, 0) is 6.54 Å². The zero-order valence-corrected chi connectivity index (χ0v) is 18.4. The average Bonchev–Trinajstić information content (AvgIpc) is 3.34. The molecule has 29 heavy (non-hydrogen) atoms. The molecular formula is C21H31N5O2S. The van der Waals surface area contributed by atoms with Gasteiger partial charge in [-0.2, -0.15) is 0 Å². The number of aromatic nitrogens is 2. The zero-order valence-electron chi connectivity index (χ0n) is 17.6. The molecule has 3 rings (SSSR count). The Morgan fingerprint density at radius 3 is 2.62 bits per heavy atom. The summed E-state index contributed by atoms with van der Waals surface area (Å²) >= 11 is 1.54. The number of nitrogens with one attached hydrogen (secondary N) is 1. The molecule has 3 amide bonds. The molecule has 8 heteroatoms. The van der Waals surface area contributed by atoms with E-state index in [0.717, 1.165) is 41.4 Å². The first-order chi connectivity index (χ1) is 14.0. The van der Waals surface area contributed by atoms with E-state index >= 15 is 0 Å². The molecule has 0 atom stereocenters. The van der Waals surface area contributed by atoms with Crippen molar-refractivity contribution in [1.82, 2.24) is 24.7 Å². The molecule has 0 aromatic carbocycles. The average molecular weight is 418 g/mol. The monoisotopic (exact) mass is 417 g/mol. The Labute approximate surface area is 176 Å². The molecule has 7 nitrogen and oxygen atoms in total. The predicted molar refractivity (Wildman–Crippen MR) is 115 cm³/mol. The Kier molecular flexibility index (Phi) is 7.30. The largest absolute Gasteiger partial charge is 0.338 e. The molecule has 3 heterocycles. The Morgan fingerprint density at radius 2 is 2.03 bits per heavy atom. The summed E-state index contributed by atoms with van der Waals surface area (Å²) in [5.74, 6) is 1.06. The predicted octanol–water partition coefficient (Wildman–Crippen LogP) is 3.29. The van der Waals surface area contributed by atoms with Crippen LogP contribution in [0, 0.1) is 13.8 Å². The van der Waals surface area contributed by atoms with Gasteiger partial charge in [0, 0.05) is 56.0 Å². The number of carbonyl (C=O) groups is 2. The Hall–Kier alpha value is -2.35. The number of amides is 3. The summed E-state index contributed by atoms with van der Waals surface area (Å²) in [6, 6.07) is 4.03. The van der Waals surface area contributed by atoms with Crippen molar-refractivity contribution in [3.05, 3.63) is 40.1 Å². The van der Waals surface area contributed by atoms with Gasteiger partial charge in [0.25, 0.3) is 5.91 Å². The minimum atomic E-state index is -0.0109. The topological polar surface area (TPSA) is 70.5 Å². The number of imidazole rings is 1. The van der Waals surface area contributed by atoms with Crippen LogP contribution in [-0.4, -0.2) is 63.5 Å². The first kappa shape index (κ1) is 21.4. The van der Waals surface area contributed by atoms with Gasteiger partial charge >= 0.3 is 6.03 Å². The molecule has 1 fully saturated rings. The van der Waals surface area contributed by atoms with Crippen molar-refractivity contribution in [3.8, 4) is 0 Å². The third-order valence-electron chi connectivity index (χ3n) is 5.44. The van der Waals surface area contributed by atoms with Crippen molar-refractivity contribution < 1.29 is 9.59 Å². The van der Waals surface area contributed by atoms with Gasteiger partial charge in [0.05, 0.1) is 4.88 Å². The van der Waals surface area contributed by atoms with Crippen LogP contribution in [0.25, 0.3) is 0 Å². The van der Waals surface area contributed by atoms with Crippen LogP contribution in [0.3, 0.4) is 0 Å². The minimum Gasteiger partial charge on any atom is -0.338 e. The van der Waals surface area contributed by atoms with Gasteiger partial charge in [-0.1, -0.05) is 6.92 Å². The summed E-state index contributed by atoms with van der Waals surface area (Å²) in [7, 11) is 0. The second-order valence-corrected chi connectivity index (χ2v) is 8.81. The fourth-order valence-corrected chi connectivity index (χ4v) is 4.56. The van der Waals surface area contributed by atoms with E-state index in [0.29, 0.717) is 26.2 Å². The van der Waals surface area contributed by atoms with Gasteiger partial charge in [0.15, 0.2) is 0 Å². The highest BCUT2D eigenvalue weighted by molar-refractivity contribution is 7.13. The number of carbonyl (C=O) groups excluding carboxylic acids is 2. The van der Waals surface area contributed by atoms with Crippen molar-refractivity contribution >= 4 is 23.3 Å². The third kappa shape index (κ3) is 5.38. The summed E-state index contributed by atoms with van der Waals surface area (Å²) < 4.78 is 2.07. The molecule has 158 valence electrons. The third-order valence-corrected chi connectivity index (χ3v) is 6.42. The minimum absolute atomic E-state index is 0.0109. The molecule has 1 aliphatic rings. The highest BCUT2D eigenvalue weighted by Crippen LogP contribution is 2.22. The SMILES string of the molecule is CCCNC(=O)N(CCn1ccnc1C)C1CCN(C(=O)c2ccc(C)s2)CC1. The summed E-state index contributed by atoms with van der Waals surface area (Å²) in [4.78, 5) is 35.6. The standard InChI is InChI=1S/C21H31N5O2S/c1-4-9-23-21(28)26(15-14-24-13-10-22-17(24)3)18-7-11-25(12-8-18)20(27)19-6-5-16(2)29-19/h5-6,10,13,18H,4,7-9,11-12,14-15H2,1-3H3,(H,23,28). The summed E-state index contributed by atoms with van der Waals surface area (Å²) in [5.41, 5.74) is 0. The van der Waals surface area contributed by atoms with Crippen LogP contribution in [0.5, 0.6) is 0 Å². The maximum atomic E-state index is 12.8. The number of thiophene rings is 1. The van der Waals surface area contributed by atoms with Crippen LogP contribution < -0.4 is 5.32 Å². The van der Waals surface area contributed by atoms with E-state index in [1.165, 1.54) is 0 Å². The van der Waals surface area contributed by atoms with Crippen molar-refractivity contribution in [2.75, 3.05) is 26.2 Å². The molecule has 1 saturated heterocycles. The van der Waals surface area contributed by atoms with Gasteiger partial charge in [-0.05, 0) is 45.2 Å². The first-order valence-corrected chi connectivity index (χ1v) is 11.2. The molecule has 0 radical (unpaired) electrons. The van der Waals surface area contributed by atoms with E-state index < -0.39 is 0 Å². The second-order valence-electron chi connectivity index (χ2n) is 7.53. The molecule has 2 aromatic heterocycles.